The number of nitrogens with one attached hydrogen (secondary N) is 2. The Morgan fingerprint density at radius 1 is 1.00 bits per heavy atom. The van der Waals surface area contributed by atoms with E-state index in [4.69, 9.17) is 0 Å². The van der Waals surface area contributed by atoms with Gasteiger partial charge in [0.05, 0.1) is 10.6 Å². The first-order valence-corrected chi connectivity index (χ1v) is 10.5. The monoisotopic (exact) mass is 382 g/mol. The van der Waals surface area contributed by atoms with Crippen LogP contribution >= 0.6 is 0 Å². The minimum Gasteiger partial charge on any atom is -0.358 e. The van der Waals surface area contributed by atoms with Crippen molar-refractivity contribution in [3.63, 3.8) is 0 Å². The maximum Gasteiger partial charge on any atom is 0.262 e. The molecule has 2 aromatic carbocycles. The highest BCUT2D eigenvalue weighted by Crippen LogP contribution is 2.33. The summed E-state index contributed by atoms with van der Waals surface area (Å²) in [4.78, 5) is 15.8. The minimum absolute atomic E-state index is 0.131. The second-order valence-corrected chi connectivity index (χ2v) is 8.94. The molecule has 3 aromatic rings. The number of benzene rings is 2. The van der Waals surface area contributed by atoms with E-state index in [1.807, 2.05) is 38.1 Å². The lowest BCUT2D eigenvalue weighted by Crippen LogP contribution is -2.16. The number of Topliss-reactive ketones (excluding diaryl/α,β-unsaturated/α-hetero) is 1. The van der Waals surface area contributed by atoms with Crippen molar-refractivity contribution in [2.45, 2.75) is 44.9 Å². The van der Waals surface area contributed by atoms with Gasteiger partial charge in [0.1, 0.15) is 0 Å². The largest absolute Gasteiger partial charge is 0.358 e. The number of rotatable bonds is 3. The van der Waals surface area contributed by atoms with Crippen molar-refractivity contribution in [2.24, 2.45) is 0 Å². The molecule has 1 aliphatic carbocycles. The average molecular weight is 382 g/mol. The number of carbonyl (C=O) groups is 1. The highest BCUT2D eigenvalue weighted by molar-refractivity contribution is 7.92. The SMILES string of the molecule is Cc1cc2c3c([nH]c2cc1S(=O)(=O)Nc1c(C)cccc1C)CCCC3=O. The van der Waals surface area contributed by atoms with E-state index in [2.05, 4.69) is 9.71 Å². The highest BCUT2D eigenvalue weighted by Gasteiger charge is 2.25. The van der Waals surface area contributed by atoms with E-state index in [0.29, 0.717) is 23.2 Å². The lowest BCUT2D eigenvalue weighted by atomic mass is 9.94. The number of carbonyl (C=O) groups excluding carboxylic acids is 1. The molecule has 27 heavy (non-hydrogen) atoms. The minimum atomic E-state index is -3.75. The molecule has 0 fully saturated rings. The van der Waals surface area contributed by atoms with Crippen molar-refractivity contribution >= 4 is 32.4 Å². The molecular weight excluding hydrogens is 360 g/mol. The molecule has 0 aliphatic heterocycles. The second-order valence-electron chi connectivity index (χ2n) is 7.29. The number of hydrogen-bond acceptors (Lipinski definition) is 3. The fourth-order valence-corrected chi connectivity index (χ4v) is 5.35. The van der Waals surface area contributed by atoms with Gasteiger partial charge in [0.25, 0.3) is 10.0 Å². The summed E-state index contributed by atoms with van der Waals surface area (Å²) in [7, 11) is -3.75. The van der Waals surface area contributed by atoms with Crippen LogP contribution in [0.5, 0.6) is 0 Å². The molecule has 140 valence electrons. The first-order chi connectivity index (χ1) is 12.8. The van der Waals surface area contributed by atoms with Gasteiger partial charge in [-0.1, -0.05) is 18.2 Å². The summed E-state index contributed by atoms with van der Waals surface area (Å²) >= 11 is 0. The van der Waals surface area contributed by atoms with Crippen LogP contribution in [0.4, 0.5) is 5.69 Å². The van der Waals surface area contributed by atoms with Crippen LogP contribution in [0.1, 0.15) is 45.6 Å². The molecule has 1 aliphatic rings. The molecule has 0 saturated heterocycles. The summed E-state index contributed by atoms with van der Waals surface area (Å²) in [6, 6.07) is 9.12. The van der Waals surface area contributed by atoms with E-state index in [9.17, 15) is 13.2 Å². The van der Waals surface area contributed by atoms with Crippen LogP contribution in [0.2, 0.25) is 0 Å². The van der Waals surface area contributed by atoms with Crippen molar-refractivity contribution in [2.75, 3.05) is 4.72 Å². The molecule has 5 nitrogen and oxygen atoms in total. The molecule has 1 heterocycles. The maximum absolute atomic E-state index is 13.1. The number of sulfonamides is 1. The maximum atomic E-state index is 13.1. The highest BCUT2D eigenvalue weighted by atomic mass is 32.2. The van der Waals surface area contributed by atoms with Crippen molar-refractivity contribution in [3.8, 4) is 0 Å². The van der Waals surface area contributed by atoms with Crippen LogP contribution in [-0.2, 0) is 16.4 Å². The van der Waals surface area contributed by atoms with Gasteiger partial charge in [0.2, 0.25) is 0 Å². The van der Waals surface area contributed by atoms with Crippen molar-refractivity contribution in [1.82, 2.24) is 4.98 Å². The first-order valence-electron chi connectivity index (χ1n) is 9.05. The van der Waals surface area contributed by atoms with Crippen molar-refractivity contribution in [1.29, 1.82) is 0 Å². The fraction of sp³-hybridized carbons (Fsp3) is 0.286. The molecule has 2 N–H and O–H groups in total. The van der Waals surface area contributed by atoms with Crippen molar-refractivity contribution < 1.29 is 13.2 Å². The zero-order chi connectivity index (χ0) is 19.3. The number of aromatic nitrogens is 1. The van der Waals surface area contributed by atoms with E-state index in [-0.39, 0.29) is 10.7 Å². The van der Waals surface area contributed by atoms with E-state index >= 15 is 0 Å². The number of fused-ring (bicyclic) bond motifs is 3. The Hall–Kier alpha value is -2.60. The fourth-order valence-electron chi connectivity index (χ4n) is 3.90. The first kappa shape index (κ1) is 17.8. The number of aromatic amines is 1. The predicted molar refractivity (Wildman–Crippen MR) is 107 cm³/mol. The standard InChI is InChI=1S/C21H22N2O3S/c1-12-6-4-7-13(2)21(12)23-27(25,26)19-11-17-15(10-14(19)3)20-16(22-17)8-5-9-18(20)24/h4,6-7,10-11,22-23H,5,8-9H2,1-3H3. The Kier molecular flexibility index (Phi) is 4.11. The lowest BCUT2D eigenvalue weighted by Gasteiger charge is -2.15. The number of para-hydroxylation sites is 1. The molecule has 0 bridgehead atoms. The molecule has 1 aromatic heterocycles. The molecule has 0 atom stereocenters. The van der Waals surface area contributed by atoms with Gasteiger partial charge in [-0.15, -0.1) is 0 Å². The van der Waals surface area contributed by atoms with E-state index in [0.717, 1.165) is 40.6 Å². The Morgan fingerprint density at radius 3 is 2.41 bits per heavy atom. The summed E-state index contributed by atoms with van der Waals surface area (Å²) < 4.78 is 28.9. The van der Waals surface area contributed by atoms with Gasteiger partial charge in [0, 0.05) is 28.6 Å². The predicted octanol–water partition coefficient (Wildman–Crippen LogP) is 4.41. The summed E-state index contributed by atoms with van der Waals surface area (Å²) in [5, 5.41) is 0.818. The molecule has 6 heteroatoms. The summed E-state index contributed by atoms with van der Waals surface area (Å²) in [6.45, 7) is 5.53. The van der Waals surface area contributed by atoms with Gasteiger partial charge in [0.15, 0.2) is 5.78 Å². The Balaban J connectivity index is 1.84. The summed E-state index contributed by atoms with van der Waals surface area (Å²) in [5.41, 5.74) is 5.32. The molecule has 0 radical (unpaired) electrons. The van der Waals surface area contributed by atoms with Crippen LogP contribution in [0.15, 0.2) is 35.2 Å². The van der Waals surface area contributed by atoms with Gasteiger partial charge in [-0.2, -0.15) is 0 Å². The number of anilines is 1. The third kappa shape index (κ3) is 2.94. The lowest BCUT2D eigenvalue weighted by molar-refractivity contribution is 0.0974. The summed E-state index contributed by atoms with van der Waals surface area (Å²) in [5.74, 6) is 0.131. The van der Waals surface area contributed by atoms with Crippen LogP contribution in [-0.4, -0.2) is 19.2 Å². The van der Waals surface area contributed by atoms with E-state index < -0.39 is 10.0 Å². The summed E-state index contributed by atoms with van der Waals surface area (Å²) in [6.07, 6.45) is 2.20. The number of H-pyrrole nitrogens is 1. The normalized spacial score (nSPS) is 14.4. The van der Waals surface area contributed by atoms with Gasteiger partial charge in [-0.3, -0.25) is 9.52 Å². The number of hydrogen-bond donors (Lipinski definition) is 2. The van der Waals surface area contributed by atoms with E-state index in [1.54, 1.807) is 13.0 Å². The topological polar surface area (TPSA) is 79.0 Å². The van der Waals surface area contributed by atoms with Crippen molar-refractivity contribution in [3.05, 3.63) is 58.3 Å². The molecular formula is C21H22N2O3S. The third-order valence-electron chi connectivity index (χ3n) is 5.29. The van der Waals surface area contributed by atoms with Gasteiger partial charge < -0.3 is 4.98 Å². The van der Waals surface area contributed by atoms with Crippen LogP contribution in [0.25, 0.3) is 10.9 Å². The van der Waals surface area contributed by atoms with E-state index in [1.165, 1.54) is 0 Å². The molecule has 0 amide bonds. The Bertz CT molecular complexity index is 1170. The average Bonchev–Trinajstić information content (AvgIpc) is 2.96. The Morgan fingerprint density at radius 2 is 1.70 bits per heavy atom. The molecule has 4 rings (SSSR count). The van der Waals surface area contributed by atoms with Crippen LogP contribution in [0, 0.1) is 20.8 Å². The van der Waals surface area contributed by atoms with Gasteiger partial charge in [-0.25, -0.2) is 8.42 Å². The second kappa shape index (κ2) is 6.23. The Labute approximate surface area is 158 Å². The van der Waals surface area contributed by atoms with Crippen LogP contribution < -0.4 is 4.72 Å². The third-order valence-corrected chi connectivity index (χ3v) is 6.78. The zero-order valence-electron chi connectivity index (χ0n) is 15.6. The zero-order valence-corrected chi connectivity index (χ0v) is 16.5. The molecule has 0 unspecified atom stereocenters. The smallest absolute Gasteiger partial charge is 0.262 e. The number of aryl methyl sites for hydroxylation is 4. The quantitative estimate of drug-likeness (QED) is 0.704. The number of ketones is 1. The van der Waals surface area contributed by atoms with Gasteiger partial charge in [-0.05, 0) is 62.4 Å². The molecule has 0 saturated carbocycles. The molecule has 0 spiro atoms. The van der Waals surface area contributed by atoms with Gasteiger partial charge >= 0.3 is 0 Å². The van der Waals surface area contributed by atoms with Crippen LogP contribution in [0.3, 0.4) is 0 Å².